The minimum absolute atomic E-state index is 0.110. The summed E-state index contributed by atoms with van der Waals surface area (Å²) in [6.45, 7) is 12.1. The summed E-state index contributed by atoms with van der Waals surface area (Å²) >= 11 is 11.7. The Morgan fingerprint density at radius 2 is 1.80 bits per heavy atom. The minimum Gasteiger partial charge on any atom is -0.468 e. The lowest BCUT2D eigenvalue weighted by molar-refractivity contribution is -0.147. The van der Waals surface area contributed by atoms with E-state index in [4.69, 9.17) is 37.4 Å². The van der Waals surface area contributed by atoms with Crippen LogP contribution in [0.4, 0.5) is 4.79 Å². The molecule has 10 heteroatoms. The van der Waals surface area contributed by atoms with Gasteiger partial charge in [-0.05, 0) is 24.3 Å². The zero-order valence-corrected chi connectivity index (χ0v) is 23.2. The van der Waals surface area contributed by atoms with E-state index in [1.54, 1.807) is 12.2 Å². The molecule has 0 saturated carbocycles. The van der Waals surface area contributed by atoms with E-state index >= 15 is 0 Å². The first-order valence-electron chi connectivity index (χ1n) is 11.7. The van der Waals surface area contributed by atoms with Crippen LogP contribution < -0.4 is 5.32 Å². The zero-order chi connectivity index (χ0) is 27.0. The van der Waals surface area contributed by atoms with Gasteiger partial charge < -0.3 is 14.2 Å². The van der Waals surface area contributed by atoms with Crippen molar-refractivity contribution in [3.63, 3.8) is 0 Å². The van der Waals surface area contributed by atoms with E-state index in [1.165, 1.54) is 19.1 Å². The van der Waals surface area contributed by atoms with Crippen LogP contribution in [0.3, 0.4) is 0 Å². The van der Waals surface area contributed by atoms with Gasteiger partial charge in [-0.25, -0.2) is 4.79 Å². The van der Waals surface area contributed by atoms with Gasteiger partial charge in [0.2, 0.25) is 0 Å². The number of allylic oxidation sites excluding steroid dienone is 3. The van der Waals surface area contributed by atoms with Gasteiger partial charge in [0, 0.05) is 23.9 Å². The quantitative estimate of drug-likeness (QED) is 0.148. The van der Waals surface area contributed by atoms with Gasteiger partial charge in [-0.15, -0.1) is 11.6 Å². The highest BCUT2D eigenvalue weighted by Crippen LogP contribution is 2.21. The number of nitrogens with zero attached hydrogens (tertiary/aromatic N) is 1. The van der Waals surface area contributed by atoms with E-state index in [0.29, 0.717) is 23.8 Å². The normalized spacial score (nSPS) is 17.8. The first-order chi connectivity index (χ1) is 16.7. The fourth-order valence-corrected chi connectivity index (χ4v) is 3.84. The van der Waals surface area contributed by atoms with E-state index in [9.17, 15) is 14.4 Å². The molecule has 200 valence electrons. The van der Waals surface area contributed by atoms with Crippen LogP contribution in [0.1, 0.15) is 47.0 Å². The van der Waals surface area contributed by atoms with Crippen LogP contribution in [0, 0.1) is 5.92 Å². The third-order valence-electron chi connectivity index (χ3n) is 5.14. The number of esters is 2. The molecule has 1 N–H and O–H groups in total. The van der Waals surface area contributed by atoms with Crippen molar-refractivity contribution in [2.24, 2.45) is 5.92 Å². The molecule has 0 radical (unpaired) electrons. The van der Waals surface area contributed by atoms with Gasteiger partial charge in [-0.1, -0.05) is 64.1 Å². The molecule has 0 unspecified atom stereocenters. The molecule has 1 amide bonds. The summed E-state index contributed by atoms with van der Waals surface area (Å²) in [6.07, 6.45) is 5.81. The van der Waals surface area contributed by atoms with Crippen LogP contribution in [-0.4, -0.2) is 74.3 Å². The lowest BCUT2D eigenvalue weighted by Gasteiger charge is -2.28. The highest BCUT2D eigenvalue weighted by Gasteiger charge is 2.38. The SMILES string of the molecule is C=C/C(=C\C/C(Cl)=C\CCl)CN1C(=O)OC[C@@H]1C[C@H](N[C@@H](CC(C)C)C(=O)OC)C(=O)OC.CC. The molecular formula is C25H40Cl2N2O6. The van der Waals surface area contributed by atoms with Crippen molar-refractivity contribution in [1.29, 1.82) is 0 Å². The first kappa shape index (κ1) is 33.0. The average molecular weight is 536 g/mol. The molecular weight excluding hydrogens is 495 g/mol. The second-order valence-corrected chi connectivity index (χ2v) is 8.83. The predicted molar refractivity (Wildman–Crippen MR) is 140 cm³/mol. The standard InChI is InChI=1S/C23H34Cl2N2O6.C2H6/c1-6-16(7-8-17(25)9-10-24)13-27-18(14-33-23(27)30)12-20(22(29)32-5)26-19(11-15(2)3)21(28)31-4;1-2/h6-7,9,15,18-20,26H,1,8,10-14H2,2-5H3;1-2H3/b16-7+,17-9+;/t18-,19-,20-;/m0./s1. The van der Waals surface area contributed by atoms with Crippen molar-refractivity contribution >= 4 is 41.2 Å². The van der Waals surface area contributed by atoms with Gasteiger partial charge in [0.15, 0.2) is 0 Å². The summed E-state index contributed by atoms with van der Waals surface area (Å²) in [6, 6.07) is -1.94. The summed E-state index contributed by atoms with van der Waals surface area (Å²) in [5, 5.41) is 3.64. The maximum Gasteiger partial charge on any atom is 0.410 e. The Morgan fingerprint density at radius 1 is 1.20 bits per heavy atom. The van der Waals surface area contributed by atoms with Gasteiger partial charge in [0.25, 0.3) is 0 Å². The molecule has 1 aliphatic heterocycles. The molecule has 0 spiro atoms. The van der Waals surface area contributed by atoms with Crippen LogP contribution in [0.25, 0.3) is 0 Å². The predicted octanol–water partition coefficient (Wildman–Crippen LogP) is 4.81. The third-order valence-corrected chi connectivity index (χ3v) is 5.60. The molecule has 1 saturated heterocycles. The zero-order valence-electron chi connectivity index (χ0n) is 21.6. The Hall–Kier alpha value is -2.03. The van der Waals surface area contributed by atoms with E-state index in [1.807, 2.05) is 33.8 Å². The number of hydrogen-bond donors (Lipinski definition) is 1. The summed E-state index contributed by atoms with van der Waals surface area (Å²) in [5.41, 5.74) is 0.773. The van der Waals surface area contributed by atoms with Gasteiger partial charge in [0.1, 0.15) is 18.7 Å². The van der Waals surface area contributed by atoms with Crippen LogP contribution in [0.2, 0.25) is 0 Å². The highest BCUT2D eigenvalue weighted by atomic mass is 35.5. The lowest BCUT2D eigenvalue weighted by atomic mass is 10.0. The number of hydrogen-bond acceptors (Lipinski definition) is 7. The number of carbonyl (C=O) groups excluding carboxylic acids is 3. The number of alkyl halides is 1. The molecule has 1 aliphatic rings. The smallest absolute Gasteiger partial charge is 0.410 e. The van der Waals surface area contributed by atoms with E-state index < -0.39 is 36.2 Å². The number of halogens is 2. The second kappa shape index (κ2) is 18.3. The summed E-state index contributed by atoms with van der Waals surface area (Å²) < 4.78 is 15.1. The number of amides is 1. The largest absolute Gasteiger partial charge is 0.468 e. The van der Waals surface area contributed by atoms with Gasteiger partial charge in [-0.2, -0.15) is 0 Å². The number of ether oxygens (including phenoxy) is 3. The van der Waals surface area contributed by atoms with Crippen LogP contribution >= 0.6 is 23.2 Å². The lowest BCUT2D eigenvalue weighted by Crippen LogP contribution is -2.51. The maximum absolute atomic E-state index is 12.5. The van der Waals surface area contributed by atoms with Crippen molar-refractivity contribution in [2.45, 2.75) is 65.1 Å². The fraction of sp³-hybridized carbons (Fsp3) is 0.640. The monoisotopic (exact) mass is 534 g/mol. The highest BCUT2D eigenvalue weighted by molar-refractivity contribution is 6.30. The summed E-state index contributed by atoms with van der Waals surface area (Å²) in [7, 11) is 2.57. The molecule has 1 heterocycles. The Labute approximate surface area is 219 Å². The first-order valence-corrected chi connectivity index (χ1v) is 12.6. The Morgan fingerprint density at radius 3 is 2.31 bits per heavy atom. The average Bonchev–Trinajstić information content (AvgIpc) is 3.19. The number of cyclic esters (lactones) is 1. The van der Waals surface area contributed by atoms with Crippen LogP contribution in [0.15, 0.2) is 35.4 Å². The van der Waals surface area contributed by atoms with Crippen molar-refractivity contribution < 1.29 is 28.6 Å². The number of rotatable bonds is 14. The number of methoxy groups -OCH3 is 2. The molecule has 1 fully saturated rings. The van der Waals surface area contributed by atoms with Crippen molar-refractivity contribution in [2.75, 3.05) is 33.3 Å². The van der Waals surface area contributed by atoms with Crippen molar-refractivity contribution in [1.82, 2.24) is 10.2 Å². The molecule has 0 aromatic rings. The fourth-order valence-electron chi connectivity index (χ4n) is 3.42. The molecule has 35 heavy (non-hydrogen) atoms. The number of carbonyl (C=O) groups is 3. The van der Waals surface area contributed by atoms with Crippen LogP contribution in [-0.2, 0) is 23.8 Å². The van der Waals surface area contributed by atoms with E-state index in [0.717, 1.165) is 5.57 Å². The van der Waals surface area contributed by atoms with Gasteiger partial charge in [0.05, 0.1) is 20.3 Å². The third kappa shape index (κ3) is 12.0. The molecule has 0 aliphatic carbocycles. The molecule has 0 aromatic heterocycles. The molecule has 3 atom stereocenters. The topological polar surface area (TPSA) is 94.2 Å². The molecule has 1 rings (SSSR count). The molecule has 8 nitrogen and oxygen atoms in total. The summed E-state index contributed by atoms with van der Waals surface area (Å²) in [4.78, 5) is 38.7. The molecule has 0 bridgehead atoms. The Kier molecular flexibility index (Phi) is 17.2. The number of nitrogens with one attached hydrogen (secondary N) is 1. The Balaban J connectivity index is 0.00000562. The van der Waals surface area contributed by atoms with E-state index in [2.05, 4.69) is 11.9 Å². The van der Waals surface area contributed by atoms with Crippen molar-refractivity contribution in [3.8, 4) is 0 Å². The van der Waals surface area contributed by atoms with Gasteiger partial charge in [-0.3, -0.25) is 19.8 Å². The second-order valence-electron chi connectivity index (χ2n) is 8.03. The van der Waals surface area contributed by atoms with Crippen LogP contribution in [0.5, 0.6) is 0 Å². The van der Waals surface area contributed by atoms with Crippen molar-refractivity contribution in [3.05, 3.63) is 35.4 Å². The van der Waals surface area contributed by atoms with E-state index in [-0.39, 0.29) is 25.5 Å². The minimum atomic E-state index is -0.836. The maximum atomic E-state index is 12.5. The van der Waals surface area contributed by atoms with Gasteiger partial charge >= 0.3 is 18.0 Å². The summed E-state index contributed by atoms with van der Waals surface area (Å²) in [5.74, 6) is -0.508. The molecule has 0 aromatic carbocycles. The Bertz CT molecular complexity index is 754.